The van der Waals surface area contributed by atoms with Crippen molar-refractivity contribution >= 4 is 12.0 Å². The van der Waals surface area contributed by atoms with Crippen LogP contribution in [-0.4, -0.2) is 72.4 Å². The first-order valence-electron chi connectivity index (χ1n) is 10.1. The first-order chi connectivity index (χ1) is 14.0. The highest BCUT2D eigenvalue weighted by atomic mass is 16.4. The number of phenols is 1. The van der Waals surface area contributed by atoms with E-state index in [4.69, 9.17) is 11.5 Å². The summed E-state index contributed by atoms with van der Waals surface area (Å²) in [5, 5.41) is 24.2. The van der Waals surface area contributed by atoms with Gasteiger partial charge in [0.1, 0.15) is 11.8 Å². The SMILES string of the molecule is NCCCNCCCCN(CCCN)C(=O)C(Cc1ccc(O)cc1)NC(=O)O. The van der Waals surface area contributed by atoms with Crippen molar-refractivity contribution in [3.63, 3.8) is 0 Å². The average Bonchev–Trinajstić information content (AvgIpc) is 2.70. The van der Waals surface area contributed by atoms with Crippen LogP contribution in [0.5, 0.6) is 5.75 Å². The lowest BCUT2D eigenvalue weighted by Crippen LogP contribution is -2.50. The van der Waals surface area contributed by atoms with Crippen LogP contribution in [0.1, 0.15) is 31.2 Å². The van der Waals surface area contributed by atoms with Crippen LogP contribution in [0.2, 0.25) is 0 Å². The second kappa shape index (κ2) is 14.6. The van der Waals surface area contributed by atoms with Crippen molar-refractivity contribution in [2.75, 3.05) is 39.3 Å². The van der Waals surface area contributed by atoms with Gasteiger partial charge in [0, 0.05) is 19.5 Å². The van der Waals surface area contributed by atoms with Crippen LogP contribution in [0, 0.1) is 0 Å². The van der Waals surface area contributed by atoms with Crippen LogP contribution in [-0.2, 0) is 11.2 Å². The molecule has 0 aliphatic carbocycles. The smallest absolute Gasteiger partial charge is 0.405 e. The van der Waals surface area contributed by atoms with Gasteiger partial charge in [-0.3, -0.25) is 4.79 Å². The van der Waals surface area contributed by atoms with Crippen LogP contribution < -0.4 is 22.1 Å². The Morgan fingerprint density at radius 3 is 2.21 bits per heavy atom. The zero-order chi connectivity index (χ0) is 21.5. The summed E-state index contributed by atoms with van der Waals surface area (Å²) in [7, 11) is 0. The molecule has 164 valence electrons. The molecule has 1 aromatic rings. The number of hydrogen-bond donors (Lipinski definition) is 6. The van der Waals surface area contributed by atoms with Crippen molar-refractivity contribution in [2.24, 2.45) is 11.5 Å². The lowest BCUT2D eigenvalue weighted by molar-refractivity contribution is -0.133. The first-order valence-corrected chi connectivity index (χ1v) is 10.1. The number of nitrogens with one attached hydrogen (secondary N) is 2. The summed E-state index contributed by atoms with van der Waals surface area (Å²) < 4.78 is 0. The van der Waals surface area contributed by atoms with Gasteiger partial charge in [0.25, 0.3) is 0 Å². The molecule has 0 heterocycles. The average molecular weight is 410 g/mol. The number of nitrogens with zero attached hydrogens (tertiary/aromatic N) is 1. The molecular formula is C20H35N5O4. The summed E-state index contributed by atoms with van der Waals surface area (Å²) in [6, 6.07) is 5.49. The summed E-state index contributed by atoms with van der Waals surface area (Å²) in [4.78, 5) is 26.0. The molecule has 0 aliphatic rings. The number of unbranched alkanes of at least 4 members (excludes halogenated alkanes) is 1. The van der Waals surface area contributed by atoms with E-state index in [1.54, 1.807) is 17.0 Å². The standard InChI is InChI=1S/C20H35N5O4/c21-9-3-12-23-11-1-2-13-25(14-4-10-22)19(27)18(24-20(28)29)15-16-5-7-17(26)8-6-16/h5-8,18,23-24,26H,1-4,9-15,21-22H2,(H,28,29). The van der Waals surface area contributed by atoms with Gasteiger partial charge in [-0.25, -0.2) is 4.79 Å². The molecule has 1 aromatic carbocycles. The maximum Gasteiger partial charge on any atom is 0.405 e. The van der Waals surface area contributed by atoms with Crippen molar-refractivity contribution in [1.82, 2.24) is 15.5 Å². The molecule has 0 aromatic heterocycles. The van der Waals surface area contributed by atoms with Gasteiger partial charge in [-0.1, -0.05) is 12.1 Å². The van der Waals surface area contributed by atoms with Gasteiger partial charge in [0.2, 0.25) is 5.91 Å². The van der Waals surface area contributed by atoms with Gasteiger partial charge in [-0.2, -0.15) is 0 Å². The molecule has 0 bridgehead atoms. The first kappa shape index (κ1) is 24.7. The second-order valence-electron chi connectivity index (χ2n) is 6.94. The molecule has 0 spiro atoms. The number of carbonyl (C=O) groups excluding carboxylic acids is 1. The fraction of sp³-hybridized carbons (Fsp3) is 0.600. The van der Waals surface area contributed by atoms with E-state index in [1.807, 2.05) is 0 Å². The molecule has 0 radical (unpaired) electrons. The van der Waals surface area contributed by atoms with Crippen molar-refractivity contribution < 1.29 is 19.8 Å². The minimum absolute atomic E-state index is 0.118. The molecule has 1 atom stereocenters. The van der Waals surface area contributed by atoms with Crippen LogP contribution in [0.3, 0.4) is 0 Å². The Balaban J connectivity index is 2.68. The number of aromatic hydroxyl groups is 1. The van der Waals surface area contributed by atoms with E-state index in [-0.39, 0.29) is 18.1 Å². The van der Waals surface area contributed by atoms with Crippen LogP contribution in [0.4, 0.5) is 4.79 Å². The van der Waals surface area contributed by atoms with E-state index < -0.39 is 12.1 Å². The Labute approximate surface area is 172 Å². The number of amides is 2. The third-order valence-electron chi connectivity index (χ3n) is 4.51. The monoisotopic (exact) mass is 409 g/mol. The Morgan fingerprint density at radius 2 is 1.59 bits per heavy atom. The molecule has 9 heteroatoms. The van der Waals surface area contributed by atoms with E-state index in [1.165, 1.54) is 12.1 Å². The van der Waals surface area contributed by atoms with Gasteiger partial charge in [-0.15, -0.1) is 0 Å². The molecule has 0 saturated carbocycles. The molecule has 1 unspecified atom stereocenters. The maximum absolute atomic E-state index is 13.0. The van der Waals surface area contributed by atoms with Crippen LogP contribution >= 0.6 is 0 Å². The molecule has 0 aliphatic heterocycles. The number of hydrogen-bond acceptors (Lipinski definition) is 6. The van der Waals surface area contributed by atoms with E-state index in [0.29, 0.717) is 32.6 Å². The summed E-state index contributed by atoms with van der Waals surface area (Å²) in [5.74, 6) is -0.141. The predicted octanol–water partition coefficient (Wildman–Crippen LogP) is 0.467. The van der Waals surface area contributed by atoms with Gasteiger partial charge < -0.3 is 37.2 Å². The van der Waals surface area contributed by atoms with Crippen LogP contribution in [0.15, 0.2) is 24.3 Å². The molecule has 9 nitrogen and oxygen atoms in total. The summed E-state index contributed by atoms with van der Waals surface area (Å²) in [6.07, 6.45) is 2.27. The lowest BCUT2D eigenvalue weighted by atomic mass is 10.0. The van der Waals surface area contributed by atoms with Crippen molar-refractivity contribution in [1.29, 1.82) is 0 Å². The van der Waals surface area contributed by atoms with Gasteiger partial charge >= 0.3 is 6.09 Å². The summed E-state index contributed by atoms with van der Waals surface area (Å²) in [6.45, 7) is 3.88. The Hall–Kier alpha value is -2.36. The highest BCUT2D eigenvalue weighted by molar-refractivity contribution is 5.85. The third kappa shape index (κ3) is 10.7. The lowest BCUT2D eigenvalue weighted by Gasteiger charge is -2.27. The van der Waals surface area contributed by atoms with Gasteiger partial charge in [0.15, 0.2) is 0 Å². The van der Waals surface area contributed by atoms with E-state index in [9.17, 15) is 19.8 Å². The third-order valence-corrected chi connectivity index (χ3v) is 4.51. The number of rotatable bonds is 15. The van der Waals surface area contributed by atoms with Crippen molar-refractivity contribution in [3.05, 3.63) is 29.8 Å². The number of carboxylic acid groups (broad SMARTS) is 1. The van der Waals surface area contributed by atoms with E-state index in [0.717, 1.165) is 37.9 Å². The fourth-order valence-corrected chi connectivity index (χ4v) is 2.96. The Morgan fingerprint density at radius 1 is 0.966 bits per heavy atom. The quantitative estimate of drug-likeness (QED) is 0.230. The predicted molar refractivity (Wildman–Crippen MR) is 113 cm³/mol. The van der Waals surface area contributed by atoms with Gasteiger partial charge in [0.05, 0.1) is 0 Å². The highest BCUT2D eigenvalue weighted by Gasteiger charge is 2.25. The topological polar surface area (TPSA) is 154 Å². The normalized spacial score (nSPS) is 11.8. The summed E-state index contributed by atoms with van der Waals surface area (Å²) >= 11 is 0. The minimum Gasteiger partial charge on any atom is -0.508 e. The zero-order valence-corrected chi connectivity index (χ0v) is 17.0. The molecule has 0 fully saturated rings. The number of benzene rings is 1. The van der Waals surface area contributed by atoms with Crippen LogP contribution in [0.25, 0.3) is 0 Å². The molecule has 29 heavy (non-hydrogen) atoms. The number of carbonyl (C=O) groups is 2. The highest BCUT2D eigenvalue weighted by Crippen LogP contribution is 2.13. The molecule has 1 rings (SSSR count). The fourth-order valence-electron chi connectivity index (χ4n) is 2.96. The zero-order valence-electron chi connectivity index (χ0n) is 17.0. The maximum atomic E-state index is 13.0. The second-order valence-corrected chi connectivity index (χ2v) is 6.94. The molecular weight excluding hydrogens is 374 g/mol. The molecule has 0 saturated heterocycles. The van der Waals surface area contributed by atoms with E-state index >= 15 is 0 Å². The molecule has 8 N–H and O–H groups in total. The molecule has 2 amide bonds. The van der Waals surface area contributed by atoms with Gasteiger partial charge in [-0.05, 0) is 69.6 Å². The Bertz CT molecular complexity index is 597. The van der Waals surface area contributed by atoms with Crippen molar-refractivity contribution in [2.45, 2.75) is 38.1 Å². The number of nitrogens with two attached hydrogens (primary N) is 2. The Kier molecular flexibility index (Phi) is 12.4. The number of phenolic OH excluding ortho intramolecular Hbond substituents is 1. The summed E-state index contributed by atoms with van der Waals surface area (Å²) in [5.41, 5.74) is 11.8. The van der Waals surface area contributed by atoms with Crippen molar-refractivity contribution in [3.8, 4) is 5.75 Å². The van der Waals surface area contributed by atoms with E-state index in [2.05, 4.69) is 10.6 Å². The largest absolute Gasteiger partial charge is 0.508 e. The minimum atomic E-state index is -1.25.